The van der Waals surface area contributed by atoms with Crippen molar-refractivity contribution in [2.45, 2.75) is 39.5 Å². The quantitative estimate of drug-likeness (QED) is 0.687. The molecular weight excluding hydrogens is 166 g/mol. The summed E-state index contributed by atoms with van der Waals surface area (Å²) in [6, 6.07) is 0. The molecule has 0 aliphatic heterocycles. The van der Waals surface area contributed by atoms with Gasteiger partial charge in [-0.2, -0.15) is 0 Å². The molecule has 76 valence electrons. The lowest BCUT2D eigenvalue weighted by Gasteiger charge is -2.40. The van der Waals surface area contributed by atoms with E-state index in [1.165, 1.54) is 0 Å². The summed E-state index contributed by atoms with van der Waals surface area (Å²) in [6.07, 6.45) is 3.39. The van der Waals surface area contributed by atoms with Crippen LogP contribution in [0, 0.1) is 10.8 Å². The molecule has 13 heavy (non-hydrogen) atoms. The summed E-state index contributed by atoms with van der Waals surface area (Å²) in [5.41, 5.74) is 5.22. The molecule has 0 amide bonds. The number of hydrogen-bond donors (Lipinski definition) is 2. The zero-order chi connectivity index (χ0) is 10.1. The second-order valence-corrected chi connectivity index (χ2v) is 4.95. The summed E-state index contributed by atoms with van der Waals surface area (Å²) in [5.74, 6) is -0.717. The molecule has 1 aliphatic rings. The van der Waals surface area contributed by atoms with Gasteiger partial charge in [0.2, 0.25) is 0 Å². The molecular formula is C10H19NO2. The van der Waals surface area contributed by atoms with Gasteiger partial charge in [0.05, 0.1) is 5.41 Å². The lowest BCUT2D eigenvalue weighted by Crippen LogP contribution is -2.43. The van der Waals surface area contributed by atoms with Gasteiger partial charge in [0.1, 0.15) is 0 Å². The van der Waals surface area contributed by atoms with Crippen molar-refractivity contribution >= 4 is 5.97 Å². The molecule has 3 N–H and O–H groups in total. The van der Waals surface area contributed by atoms with Crippen LogP contribution >= 0.6 is 0 Å². The molecule has 0 saturated heterocycles. The highest BCUT2D eigenvalue weighted by atomic mass is 16.4. The molecule has 3 heteroatoms. The van der Waals surface area contributed by atoms with E-state index in [9.17, 15) is 4.79 Å². The minimum absolute atomic E-state index is 0.276. The predicted molar refractivity (Wildman–Crippen MR) is 51.4 cm³/mol. The summed E-state index contributed by atoms with van der Waals surface area (Å²) in [7, 11) is 0. The Bertz CT molecular complexity index is 201. The fraction of sp³-hybridized carbons (Fsp3) is 0.900. The number of hydrogen-bond acceptors (Lipinski definition) is 2. The average molecular weight is 185 g/mol. The third-order valence-corrected chi connectivity index (χ3v) is 3.41. The summed E-state index contributed by atoms with van der Waals surface area (Å²) < 4.78 is 0. The van der Waals surface area contributed by atoms with E-state index < -0.39 is 11.4 Å². The molecule has 1 saturated carbocycles. The molecule has 1 rings (SSSR count). The maximum absolute atomic E-state index is 11.0. The third-order valence-electron chi connectivity index (χ3n) is 3.41. The maximum Gasteiger partial charge on any atom is 0.310 e. The molecule has 0 radical (unpaired) electrons. The average Bonchev–Trinajstić information content (AvgIpc) is 2.05. The largest absolute Gasteiger partial charge is 0.481 e. The van der Waals surface area contributed by atoms with Crippen molar-refractivity contribution in [1.29, 1.82) is 0 Å². The van der Waals surface area contributed by atoms with E-state index in [1.54, 1.807) is 0 Å². The highest BCUT2D eigenvalue weighted by Gasteiger charge is 2.42. The third kappa shape index (κ3) is 2.02. The first-order valence-electron chi connectivity index (χ1n) is 4.85. The van der Waals surface area contributed by atoms with Gasteiger partial charge in [-0.1, -0.05) is 13.8 Å². The van der Waals surface area contributed by atoms with Crippen molar-refractivity contribution in [2.75, 3.05) is 6.54 Å². The van der Waals surface area contributed by atoms with Crippen molar-refractivity contribution < 1.29 is 9.90 Å². The minimum Gasteiger partial charge on any atom is -0.481 e. The Balaban J connectivity index is 2.69. The Hall–Kier alpha value is -0.570. The second-order valence-electron chi connectivity index (χ2n) is 4.95. The highest BCUT2D eigenvalue weighted by molar-refractivity contribution is 5.75. The molecule has 1 fully saturated rings. The van der Waals surface area contributed by atoms with E-state index in [2.05, 4.69) is 13.8 Å². The van der Waals surface area contributed by atoms with Gasteiger partial charge < -0.3 is 10.8 Å². The molecule has 0 bridgehead atoms. The first-order chi connectivity index (χ1) is 5.92. The van der Waals surface area contributed by atoms with Crippen LogP contribution in [0.5, 0.6) is 0 Å². The van der Waals surface area contributed by atoms with E-state index in [0.29, 0.717) is 5.41 Å². The number of rotatable bonds is 2. The normalized spacial score (nSPS) is 25.5. The molecule has 0 aromatic carbocycles. The van der Waals surface area contributed by atoms with Crippen LogP contribution in [0.15, 0.2) is 0 Å². The predicted octanol–water partition coefficient (Wildman–Crippen LogP) is 1.62. The van der Waals surface area contributed by atoms with E-state index in [1.807, 2.05) is 0 Å². The second kappa shape index (κ2) is 3.29. The maximum atomic E-state index is 11.0. The van der Waals surface area contributed by atoms with E-state index in [0.717, 1.165) is 25.7 Å². The van der Waals surface area contributed by atoms with Gasteiger partial charge in [0.15, 0.2) is 0 Å². The SMILES string of the molecule is CC1(C)CCC(CN)(C(=O)O)CC1. The van der Waals surface area contributed by atoms with Gasteiger partial charge in [-0.3, -0.25) is 4.79 Å². The molecule has 3 nitrogen and oxygen atoms in total. The van der Waals surface area contributed by atoms with Crippen LogP contribution in [-0.2, 0) is 4.79 Å². The Labute approximate surface area is 79.3 Å². The van der Waals surface area contributed by atoms with Crippen LogP contribution in [0.25, 0.3) is 0 Å². The smallest absolute Gasteiger partial charge is 0.310 e. The Morgan fingerprint density at radius 3 is 2.08 bits per heavy atom. The first kappa shape index (κ1) is 10.5. The molecule has 0 aromatic rings. The van der Waals surface area contributed by atoms with E-state index >= 15 is 0 Å². The van der Waals surface area contributed by atoms with Gasteiger partial charge in [-0.15, -0.1) is 0 Å². The molecule has 0 aromatic heterocycles. The topological polar surface area (TPSA) is 63.3 Å². The Morgan fingerprint density at radius 1 is 1.31 bits per heavy atom. The van der Waals surface area contributed by atoms with Crippen LogP contribution in [0.3, 0.4) is 0 Å². The summed E-state index contributed by atoms with van der Waals surface area (Å²) in [5, 5.41) is 9.08. The van der Waals surface area contributed by atoms with Crippen molar-refractivity contribution in [3.63, 3.8) is 0 Å². The van der Waals surface area contributed by atoms with Crippen molar-refractivity contribution in [3.05, 3.63) is 0 Å². The fourth-order valence-corrected chi connectivity index (χ4v) is 1.91. The number of carboxylic acid groups (broad SMARTS) is 1. The summed E-state index contributed by atoms with van der Waals surface area (Å²) in [4.78, 5) is 11.0. The highest BCUT2D eigenvalue weighted by Crippen LogP contribution is 2.44. The van der Waals surface area contributed by atoms with Crippen LogP contribution < -0.4 is 5.73 Å². The zero-order valence-electron chi connectivity index (χ0n) is 8.47. The van der Waals surface area contributed by atoms with E-state index in [4.69, 9.17) is 10.8 Å². The number of nitrogens with two attached hydrogens (primary N) is 1. The number of aliphatic carboxylic acids is 1. The fourth-order valence-electron chi connectivity index (χ4n) is 1.91. The standard InChI is InChI=1S/C10H19NO2/c1-9(2)3-5-10(7-11,6-4-9)8(12)13/h3-7,11H2,1-2H3,(H,12,13). The Kier molecular flexibility index (Phi) is 2.66. The molecule has 1 aliphatic carbocycles. The lowest BCUT2D eigenvalue weighted by molar-refractivity contribution is -0.151. The molecule has 0 unspecified atom stereocenters. The van der Waals surface area contributed by atoms with Crippen molar-refractivity contribution in [1.82, 2.24) is 0 Å². The van der Waals surface area contributed by atoms with Crippen LogP contribution in [0.4, 0.5) is 0 Å². The van der Waals surface area contributed by atoms with Gasteiger partial charge in [-0.05, 0) is 31.1 Å². The van der Waals surface area contributed by atoms with Crippen LogP contribution in [0.2, 0.25) is 0 Å². The van der Waals surface area contributed by atoms with Crippen LogP contribution in [0.1, 0.15) is 39.5 Å². The number of carbonyl (C=O) groups is 1. The van der Waals surface area contributed by atoms with Gasteiger partial charge in [0, 0.05) is 6.54 Å². The van der Waals surface area contributed by atoms with Crippen molar-refractivity contribution in [2.24, 2.45) is 16.6 Å². The zero-order valence-corrected chi connectivity index (χ0v) is 8.47. The number of carboxylic acids is 1. The van der Waals surface area contributed by atoms with Crippen molar-refractivity contribution in [3.8, 4) is 0 Å². The van der Waals surface area contributed by atoms with Gasteiger partial charge in [-0.25, -0.2) is 0 Å². The monoisotopic (exact) mass is 185 g/mol. The van der Waals surface area contributed by atoms with Crippen LogP contribution in [-0.4, -0.2) is 17.6 Å². The molecule has 0 heterocycles. The van der Waals surface area contributed by atoms with E-state index in [-0.39, 0.29) is 6.54 Å². The first-order valence-corrected chi connectivity index (χ1v) is 4.85. The molecule has 0 spiro atoms. The van der Waals surface area contributed by atoms with Gasteiger partial charge >= 0.3 is 5.97 Å². The Morgan fingerprint density at radius 2 is 1.77 bits per heavy atom. The van der Waals surface area contributed by atoms with Gasteiger partial charge in [0.25, 0.3) is 0 Å². The summed E-state index contributed by atoms with van der Waals surface area (Å²) >= 11 is 0. The molecule has 0 atom stereocenters. The summed E-state index contributed by atoms with van der Waals surface area (Å²) in [6.45, 7) is 4.66. The lowest BCUT2D eigenvalue weighted by atomic mass is 9.65. The minimum atomic E-state index is -0.717.